The van der Waals surface area contributed by atoms with Crippen molar-refractivity contribution >= 4 is 28.2 Å². The molecule has 0 unspecified atom stereocenters. The zero-order valence-corrected chi connectivity index (χ0v) is 15.1. The van der Waals surface area contributed by atoms with Crippen molar-refractivity contribution in [2.45, 2.75) is 19.3 Å². The highest BCUT2D eigenvalue weighted by molar-refractivity contribution is 6.11. The molecule has 1 saturated heterocycles. The third-order valence-electron chi connectivity index (χ3n) is 4.97. The van der Waals surface area contributed by atoms with Gasteiger partial charge in [-0.3, -0.25) is 4.79 Å². The van der Waals surface area contributed by atoms with E-state index in [1.807, 2.05) is 0 Å². The van der Waals surface area contributed by atoms with E-state index in [1.165, 1.54) is 24.4 Å². The number of hydrogen-bond donors (Lipinski definition) is 2. The van der Waals surface area contributed by atoms with Gasteiger partial charge in [-0.05, 0) is 37.5 Å². The van der Waals surface area contributed by atoms with Crippen LogP contribution >= 0.6 is 0 Å². The topological polar surface area (TPSA) is 65.5 Å². The van der Waals surface area contributed by atoms with Crippen molar-refractivity contribution in [1.82, 2.24) is 9.88 Å². The van der Waals surface area contributed by atoms with Crippen molar-refractivity contribution in [2.24, 2.45) is 0 Å². The fourth-order valence-corrected chi connectivity index (χ4v) is 3.54. The Kier molecular flexibility index (Phi) is 4.81. The molecule has 0 saturated carbocycles. The standard InChI is InChI=1S/C21H19F2N3O2/c22-15-7-5-8-16(19(15)23)25-20-13-6-4-9-17(27)18(13)14(12-24-20)21(28)26-10-2-1-3-11-26/h4-9,12,27H,1-3,10-11H2,(H,24,25). The number of benzene rings is 2. The minimum absolute atomic E-state index is 0.0666. The highest BCUT2D eigenvalue weighted by atomic mass is 19.2. The van der Waals surface area contributed by atoms with Gasteiger partial charge < -0.3 is 15.3 Å². The van der Waals surface area contributed by atoms with Gasteiger partial charge in [0.2, 0.25) is 0 Å². The van der Waals surface area contributed by atoms with Gasteiger partial charge in [-0.15, -0.1) is 0 Å². The van der Waals surface area contributed by atoms with Crippen LogP contribution < -0.4 is 5.32 Å². The van der Waals surface area contributed by atoms with Gasteiger partial charge in [0.25, 0.3) is 5.91 Å². The number of aromatic nitrogens is 1. The summed E-state index contributed by atoms with van der Waals surface area (Å²) in [5.41, 5.74) is 0.215. The molecule has 4 rings (SSSR count). The van der Waals surface area contributed by atoms with Crippen molar-refractivity contribution in [1.29, 1.82) is 0 Å². The number of fused-ring (bicyclic) bond motifs is 1. The Bertz CT molecular complexity index is 1050. The van der Waals surface area contributed by atoms with Crippen LogP contribution in [-0.2, 0) is 0 Å². The van der Waals surface area contributed by atoms with Crippen LogP contribution in [-0.4, -0.2) is 34.0 Å². The first-order valence-corrected chi connectivity index (χ1v) is 9.17. The number of halogens is 2. The highest BCUT2D eigenvalue weighted by Crippen LogP contribution is 2.34. The van der Waals surface area contributed by atoms with Crippen molar-refractivity contribution in [3.05, 3.63) is 59.8 Å². The molecule has 2 N–H and O–H groups in total. The molecule has 0 aliphatic carbocycles. The lowest BCUT2D eigenvalue weighted by atomic mass is 10.0. The van der Waals surface area contributed by atoms with Gasteiger partial charge in [-0.2, -0.15) is 0 Å². The Balaban J connectivity index is 1.79. The van der Waals surface area contributed by atoms with Crippen LogP contribution in [0.1, 0.15) is 29.6 Å². The van der Waals surface area contributed by atoms with E-state index in [-0.39, 0.29) is 23.2 Å². The summed E-state index contributed by atoms with van der Waals surface area (Å²) >= 11 is 0. The van der Waals surface area contributed by atoms with E-state index in [9.17, 15) is 18.7 Å². The summed E-state index contributed by atoms with van der Waals surface area (Å²) < 4.78 is 27.6. The molecule has 7 heteroatoms. The number of rotatable bonds is 3. The van der Waals surface area contributed by atoms with Crippen molar-refractivity contribution in [3.63, 3.8) is 0 Å². The molecule has 2 aromatic carbocycles. The second-order valence-corrected chi connectivity index (χ2v) is 6.80. The zero-order chi connectivity index (χ0) is 19.7. The van der Waals surface area contributed by atoms with Gasteiger partial charge in [0.1, 0.15) is 11.6 Å². The average molecular weight is 383 g/mol. The van der Waals surface area contributed by atoms with Crippen LogP contribution in [0.5, 0.6) is 5.75 Å². The number of phenolic OH excluding ortho intramolecular Hbond substituents is 1. The predicted molar refractivity (Wildman–Crippen MR) is 103 cm³/mol. The Morgan fingerprint density at radius 2 is 1.82 bits per heavy atom. The summed E-state index contributed by atoms with van der Waals surface area (Å²) in [6.07, 6.45) is 4.36. The fraction of sp³-hybridized carbons (Fsp3) is 0.238. The minimum atomic E-state index is -1.02. The Morgan fingerprint density at radius 1 is 1.07 bits per heavy atom. The quantitative estimate of drug-likeness (QED) is 0.694. The van der Waals surface area contributed by atoms with Crippen LogP contribution in [0, 0.1) is 11.6 Å². The first-order chi connectivity index (χ1) is 13.6. The molecule has 3 aromatic rings. The van der Waals surface area contributed by atoms with Crippen LogP contribution in [0.3, 0.4) is 0 Å². The number of aromatic hydroxyl groups is 1. The molecule has 1 aliphatic rings. The maximum absolute atomic E-state index is 14.0. The maximum atomic E-state index is 14.0. The average Bonchev–Trinajstić information content (AvgIpc) is 2.72. The third-order valence-corrected chi connectivity index (χ3v) is 4.97. The number of nitrogens with zero attached hydrogens (tertiary/aromatic N) is 2. The molecule has 0 bridgehead atoms. The van der Waals surface area contributed by atoms with E-state index in [4.69, 9.17) is 0 Å². The molecule has 0 spiro atoms. The van der Waals surface area contributed by atoms with Gasteiger partial charge in [-0.25, -0.2) is 13.8 Å². The molecule has 2 heterocycles. The van der Waals surface area contributed by atoms with Crippen molar-refractivity contribution < 1.29 is 18.7 Å². The molecule has 5 nitrogen and oxygen atoms in total. The van der Waals surface area contributed by atoms with Crippen LogP contribution in [0.4, 0.5) is 20.3 Å². The van der Waals surface area contributed by atoms with Gasteiger partial charge in [0.15, 0.2) is 11.6 Å². The Hall–Kier alpha value is -3.22. The van der Waals surface area contributed by atoms with Crippen LogP contribution in [0.15, 0.2) is 42.6 Å². The van der Waals surface area contributed by atoms with Gasteiger partial charge in [0, 0.05) is 30.1 Å². The number of hydrogen-bond acceptors (Lipinski definition) is 4. The molecule has 0 atom stereocenters. The molecule has 144 valence electrons. The van der Waals surface area contributed by atoms with Crippen LogP contribution in [0.2, 0.25) is 0 Å². The molecule has 28 heavy (non-hydrogen) atoms. The fourth-order valence-electron chi connectivity index (χ4n) is 3.54. The SMILES string of the molecule is O=C(c1cnc(Nc2cccc(F)c2F)c2cccc(O)c12)N1CCCCC1. The number of anilines is 2. The second kappa shape index (κ2) is 7.42. The smallest absolute Gasteiger partial charge is 0.256 e. The number of pyridine rings is 1. The first-order valence-electron chi connectivity index (χ1n) is 9.17. The second-order valence-electron chi connectivity index (χ2n) is 6.80. The molecule has 1 amide bonds. The van der Waals surface area contributed by atoms with Crippen molar-refractivity contribution in [3.8, 4) is 5.75 Å². The third kappa shape index (κ3) is 3.24. The van der Waals surface area contributed by atoms with Gasteiger partial charge in [0.05, 0.1) is 11.3 Å². The summed E-state index contributed by atoms with van der Waals surface area (Å²) in [6, 6.07) is 8.58. The van der Waals surface area contributed by atoms with E-state index >= 15 is 0 Å². The zero-order valence-electron chi connectivity index (χ0n) is 15.1. The number of nitrogens with one attached hydrogen (secondary N) is 1. The normalized spacial score (nSPS) is 14.3. The lowest BCUT2D eigenvalue weighted by Gasteiger charge is -2.27. The monoisotopic (exact) mass is 383 g/mol. The van der Waals surface area contributed by atoms with E-state index in [2.05, 4.69) is 10.3 Å². The lowest BCUT2D eigenvalue weighted by Crippen LogP contribution is -2.35. The molecular weight excluding hydrogens is 364 g/mol. The van der Waals surface area contributed by atoms with Gasteiger partial charge >= 0.3 is 0 Å². The number of carbonyl (C=O) groups excluding carboxylic acids is 1. The van der Waals surface area contributed by atoms with E-state index in [1.54, 1.807) is 17.0 Å². The summed E-state index contributed by atoms with van der Waals surface area (Å²) in [7, 11) is 0. The van der Waals surface area contributed by atoms with E-state index < -0.39 is 11.6 Å². The van der Waals surface area contributed by atoms with Crippen LogP contribution in [0.25, 0.3) is 10.8 Å². The highest BCUT2D eigenvalue weighted by Gasteiger charge is 2.23. The Labute approximate surface area is 160 Å². The van der Waals surface area contributed by atoms with Crippen molar-refractivity contribution in [2.75, 3.05) is 18.4 Å². The Morgan fingerprint density at radius 3 is 2.61 bits per heavy atom. The number of amides is 1. The largest absolute Gasteiger partial charge is 0.507 e. The molecule has 0 radical (unpaired) electrons. The summed E-state index contributed by atoms with van der Waals surface area (Å²) in [5.74, 6) is -2.03. The number of piperidine rings is 1. The number of likely N-dealkylation sites (tertiary alicyclic amines) is 1. The summed E-state index contributed by atoms with van der Waals surface area (Å²) in [5, 5.41) is 14.0. The lowest BCUT2D eigenvalue weighted by molar-refractivity contribution is 0.0725. The predicted octanol–water partition coefficient (Wildman–Crippen LogP) is 4.59. The van der Waals surface area contributed by atoms with E-state index in [0.717, 1.165) is 25.3 Å². The summed E-state index contributed by atoms with van der Waals surface area (Å²) in [6.45, 7) is 1.34. The molecule has 1 aromatic heterocycles. The maximum Gasteiger partial charge on any atom is 0.256 e. The molecule has 1 aliphatic heterocycles. The molecule has 1 fully saturated rings. The number of carbonyl (C=O) groups is 1. The number of phenols is 1. The van der Waals surface area contributed by atoms with Gasteiger partial charge in [-0.1, -0.05) is 18.2 Å². The molecular formula is C21H19F2N3O2. The summed E-state index contributed by atoms with van der Waals surface area (Å²) in [4.78, 5) is 19.0. The first kappa shape index (κ1) is 18.2. The minimum Gasteiger partial charge on any atom is -0.507 e. The van der Waals surface area contributed by atoms with E-state index in [0.29, 0.717) is 29.4 Å².